The lowest BCUT2D eigenvalue weighted by molar-refractivity contribution is 0.0660. The van der Waals surface area contributed by atoms with E-state index in [1.807, 2.05) is 6.92 Å². The number of aromatic hydroxyl groups is 1. The molecule has 180 valence electrons. The van der Waals surface area contributed by atoms with Gasteiger partial charge in [-0.25, -0.2) is 4.79 Å². The Balaban J connectivity index is 1.61. The van der Waals surface area contributed by atoms with E-state index in [0.29, 0.717) is 16.8 Å². The number of carboxylic acid groups (broad SMARTS) is 1. The van der Waals surface area contributed by atoms with Crippen LogP contribution in [0.15, 0.2) is 30.3 Å². The minimum atomic E-state index is -1.13. The minimum Gasteiger partial charge on any atom is -0.507 e. The van der Waals surface area contributed by atoms with Gasteiger partial charge in [0.2, 0.25) is 0 Å². The van der Waals surface area contributed by atoms with Crippen molar-refractivity contribution in [3.63, 3.8) is 0 Å². The van der Waals surface area contributed by atoms with Crippen molar-refractivity contribution < 1.29 is 24.5 Å². The summed E-state index contributed by atoms with van der Waals surface area (Å²) in [6.45, 7) is 2.04. The summed E-state index contributed by atoms with van der Waals surface area (Å²) in [6, 6.07) is 7.32. The van der Waals surface area contributed by atoms with Gasteiger partial charge >= 0.3 is 5.97 Å². The van der Waals surface area contributed by atoms with Crippen molar-refractivity contribution in [3.8, 4) is 17.2 Å². The van der Waals surface area contributed by atoms with Crippen LogP contribution < -0.4 is 4.74 Å². The predicted molar refractivity (Wildman–Crippen MR) is 132 cm³/mol. The van der Waals surface area contributed by atoms with Crippen molar-refractivity contribution in [2.24, 2.45) is 5.92 Å². The molecule has 1 fully saturated rings. The summed E-state index contributed by atoms with van der Waals surface area (Å²) in [5.41, 5.74) is 0.545. The summed E-state index contributed by atoms with van der Waals surface area (Å²) < 4.78 is 5.91. The molecule has 2 aromatic carbocycles. The Morgan fingerprint density at radius 1 is 1.15 bits per heavy atom. The molecule has 34 heavy (non-hydrogen) atoms. The van der Waals surface area contributed by atoms with E-state index in [4.69, 9.17) is 27.9 Å². The topological polar surface area (TPSA) is 103 Å². The van der Waals surface area contributed by atoms with E-state index in [1.54, 1.807) is 11.9 Å². The molecule has 1 aliphatic rings. The number of phenols is 1. The number of rotatable bonds is 6. The van der Waals surface area contributed by atoms with Crippen molar-refractivity contribution in [2.75, 3.05) is 7.05 Å². The maximum atomic E-state index is 13.2. The van der Waals surface area contributed by atoms with E-state index in [2.05, 4.69) is 4.98 Å². The van der Waals surface area contributed by atoms with Gasteiger partial charge in [0.15, 0.2) is 5.75 Å². The zero-order valence-corrected chi connectivity index (χ0v) is 20.4. The second-order valence-corrected chi connectivity index (χ2v) is 9.57. The Morgan fingerprint density at radius 3 is 2.53 bits per heavy atom. The highest BCUT2D eigenvalue weighted by molar-refractivity contribution is 6.41. The number of nitrogens with zero attached hydrogens (tertiary/aromatic N) is 1. The van der Waals surface area contributed by atoms with Crippen molar-refractivity contribution in [3.05, 3.63) is 51.6 Å². The second kappa shape index (κ2) is 9.76. The number of ether oxygens (including phenoxy) is 1. The molecule has 0 radical (unpaired) electrons. The monoisotopic (exact) mass is 504 g/mol. The summed E-state index contributed by atoms with van der Waals surface area (Å²) >= 11 is 12.8. The summed E-state index contributed by atoms with van der Waals surface area (Å²) in [7, 11) is 1.75. The van der Waals surface area contributed by atoms with Crippen LogP contribution in [0.1, 0.15) is 59.9 Å². The summed E-state index contributed by atoms with van der Waals surface area (Å²) in [4.78, 5) is 28.9. The summed E-state index contributed by atoms with van der Waals surface area (Å²) in [5.74, 6) is -0.753. The van der Waals surface area contributed by atoms with Crippen LogP contribution in [-0.2, 0) is 0 Å². The number of carboxylic acids is 1. The van der Waals surface area contributed by atoms with E-state index in [0.717, 1.165) is 12.8 Å². The number of hydrogen-bond donors (Lipinski definition) is 3. The lowest BCUT2D eigenvalue weighted by atomic mass is 9.84. The number of benzene rings is 2. The molecule has 3 N–H and O–H groups in total. The number of aromatic amines is 1. The fraction of sp³-hybridized carbons (Fsp3) is 0.360. The van der Waals surface area contributed by atoms with Gasteiger partial charge in [-0.3, -0.25) is 4.79 Å². The van der Waals surface area contributed by atoms with Gasteiger partial charge in [0.1, 0.15) is 17.2 Å². The third-order valence-corrected chi connectivity index (χ3v) is 7.34. The lowest BCUT2D eigenvalue weighted by Gasteiger charge is -2.34. The number of nitrogens with one attached hydrogen (secondary N) is 1. The molecule has 0 bridgehead atoms. The van der Waals surface area contributed by atoms with E-state index in [-0.39, 0.29) is 50.5 Å². The van der Waals surface area contributed by atoms with Gasteiger partial charge in [0.05, 0.1) is 15.6 Å². The van der Waals surface area contributed by atoms with E-state index in [9.17, 15) is 19.8 Å². The van der Waals surface area contributed by atoms with Crippen molar-refractivity contribution in [2.45, 2.75) is 45.1 Å². The number of H-pyrrole nitrogens is 1. The maximum absolute atomic E-state index is 13.2. The molecule has 1 saturated carbocycles. The molecule has 1 atom stereocenters. The first-order valence-corrected chi connectivity index (χ1v) is 11.9. The second-order valence-electron chi connectivity index (χ2n) is 8.79. The molecule has 3 aromatic rings. The number of amides is 1. The zero-order chi connectivity index (χ0) is 24.6. The highest BCUT2D eigenvalue weighted by atomic mass is 35.5. The Hall–Kier alpha value is -2.90. The van der Waals surface area contributed by atoms with Crippen LogP contribution >= 0.6 is 23.2 Å². The molecule has 0 saturated heterocycles. The SMILES string of the molecule is C[C@@H](C1CCCCC1)N(C)C(=O)c1cc(Oc2c(Cl)cc3[nH]c(C(=O)O)cc3c2Cl)ccc1O. The highest BCUT2D eigenvalue weighted by Crippen LogP contribution is 2.42. The fourth-order valence-corrected chi connectivity index (χ4v) is 5.16. The quantitative estimate of drug-likeness (QED) is 0.346. The van der Waals surface area contributed by atoms with Crippen molar-refractivity contribution in [1.82, 2.24) is 9.88 Å². The molecular formula is C25H26Cl2N2O5. The third-order valence-electron chi connectivity index (χ3n) is 6.68. The van der Waals surface area contributed by atoms with Gasteiger partial charge in [-0.15, -0.1) is 0 Å². The number of aromatic carboxylic acids is 1. The van der Waals surface area contributed by atoms with Gasteiger partial charge in [-0.05, 0) is 56.0 Å². The Labute approximate surface area is 207 Å². The Bertz CT molecular complexity index is 1250. The fourth-order valence-electron chi connectivity index (χ4n) is 4.57. The molecule has 1 heterocycles. The van der Waals surface area contributed by atoms with Crippen LogP contribution in [0.4, 0.5) is 0 Å². The van der Waals surface area contributed by atoms with Crippen molar-refractivity contribution in [1.29, 1.82) is 0 Å². The summed E-state index contributed by atoms with van der Waals surface area (Å²) in [5, 5.41) is 20.4. The number of fused-ring (bicyclic) bond motifs is 1. The van der Waals surface area contributed by atoms with Crippen LogP contribution in [0.2, 0.25) is 10.0 Å². The molecule has 0 aliphatic heterocycles. The molecule has 4 rings (SSSR count). The molecule has 1 aliphatic carbocycles. The van der Waals surface area contributed by atoms with E-state index >= 15 is 0 Å². The average molecular weight is 505 g/mol. The van der Waals surface area contributed by atoms with Crippen LogP contribution in [0.3, 0.4) is 0 Å². The first-order chi connectivity index (χ1) is 16.2. The maximum Gasteiger partial charge on any atom is 0.352 e. The van der Waals surface area contributed by atoms with Gasteiger partial charge in [-0.1, -0.05) is 42.5 Å². The predicted octanol–water partition coefficient (Wildman–Crippen LogP) is 6.71. The number of phenolic OH excluding ortho intramolecular Hbond substituents is 1. The first kappa shape index (κ1) is 24.2. The lowest BCUT2D eigenvalue weighted by Crippen LogP contribution is -2.40. The number of aromatic nitrogens is 1. The van der Waals surface area contributed by atoms with Crippen LogP contribution in [-0.4, -0.2) is 45.1 Å². The van der Waals surface area contributed by atoms with Crippen LogP contribution in [0.5, 0.6) is 17.2 Å². The standard InChI is InChI=1S/C25H26Cl2N2O5/c1-13(14-6-4-3-5-7-14)29(2)24(31)17-10-15(8-9-21(17)30)34-23-18(26)12-19-16(22(23)27)11-20(28-19)25(32)33/h8-14,28,30H,3-7H2,1-2H3,(H,32,33)/t13-/m0/s1. The Morgan fingerprint density at radius 2 is 1.85 bits per heavy atom. The number of halogens is 2. The molecule has 1 aromatic heterocycles. The van der Waals surface area contributed by atoms with Gasteiger partial charge in [-0.2, -0.15) is 0 Å². The van der Waals surface area contributed by atoms with E-state index < -0.39 is 5.97 Å². The molecular weight excluding hydrogens is 479 g/mol. The van der Waals surface area contributed by atoms with Gasteiger partial charge in [0.25, 0.3) is 5.91 Å². The smallest absolute Gasteiger partial charge is 0.352 e. The van der Waals surface area contributed by atoms with Crippen LogP contribution in [0, 0.1) is 5.92 Å². The Kier molecular flexibility index (Phi) is 6.96. The molecule has 0 unspecified atom stereocenters. The van der Waals surface area contributed by atoms with Gasteiger partial charge in [0, 0.05) is 24.0 Å². The number of carbonyl (C=O) groups is 2. The molecule has 7 nitrogen and oxygen atoms in total. The molecule has 9 heteroatoms. The van der Waals surface area contributed by atoms with Crippen LogP contribution in [0.25, 0.3) is 10.9 Å². The third kappa shape index (κ3) is 4.68. The zero-order valence-electron chi connectivity index (χ0n) is 18.9. The average Bonchev–Trinajstić information content (AvgIpc) is 3.26. The minimum absolute atomic E-state index is 0.0299. The molecule has 0 spiro atoms. The largest absolute Gasteiger partial charge is 0.507 e. The first-order valence-electron chi connectivity index (χ1n) is 11.2. The van der Waals surface area contributed by atoms with Gasteiger partial charge < -0.3 is 24.8 Å². The number of carbonyl (C=O) groups excluding carboxylic acids is 1. The van der Waals surface area contributed by atoms with Crippen molar-refractivity contribution >= 4 is 46.0 Å². The summed E-state index contributed by atoms with van der Waals surface area (Å²) in [6.07, 6.45) is 5.77. The van der Waals surface area contributed by atoms with E-state index in [1.165, 1.54) is 49.6 Å². The molecule has 1 amide bonds. The highest BCUT2D eigenvalue weighted by Gasteiger charge is 2.28. The number of hydrogen-bond acceptors (Lipinski definition) is 4. The normalized spacial score (nSPS) is 15.3.